The van der Waals surface area contributed by atoms with Gasteiger partial charge in [-0.05, 0) is 47.6 Å². The normalized spacial score (nSPS) is 16.5. The highest BCUT2D eigenvalue weighted by Gasteiger charge is 2.28. The predicted octanol–water partition coefficient (Wildman–Crippen LogP) is 2.56. The van der Waals surface area contributed by atoms with E-state index >= 15 is 0 Å². The molecule has 1 heterocycles. The van der Waals surface area contributed by atoms with Crippen molar-refractivity contribution in [1.29, 1.82) is 0 Å². The molecule has 160 valence electrons. The fourth-order valence-electron chi connectivity index (χ4n) is 3.67. The molecule has 0 aromatic heterocycles. The van der Waals surface area contributed by atoms with Crippen LogP contribution in [0.3, 0.4) is 0 Å². The highest BCUT2D eigenvalue weighted by molar-refractivity contribution is 5.90. The number of carbonyl (C=O) groups excluding carboxylic acids is 2. The fraction of sp³-hybridized carbons (Fsp3) is 0.417. The number of hydrogen-bond donors (Lipinski definition) is 3. The number of ether oxygens (including phenoxy) is 1. The van der Waals surface area contributed by atoms with Gasteiger partial charge in [-0.2, -0.15) is 0 Å². The van der Waals surface area contributed by atoms with Crippen molar-refractivity contribution in [2.75, 3.05) is 7.11 Å². The summed E-state index contributed by atoms with van der Waals surface area (Å²) in [5.74, 6) is 0.762. The van der Waals surface area contributed by atoms with Crippen LogP contribution < -0.4 is 20.7 Å². The van der Waals surface area contributed by atoms with Crippen LogP contribution in [0.2, 0.25) is 0 Å². The molecule has 3 rings (SSSR count). The lowest BCUT2D eigenvalue weighted by Crippen LogP contribution is -2.54. The molecule has 1 aliphatic rings. The number of hydrogen-bond acceptors (Lipinski definition) is 4. The second kappa shape index (κ2) is 10.3. The van der Waals surface area contributed by atoms with Gasteiger partial charge in [0.2, 0.25) is 11.8 Å². The smallest absolute Gasteiger partial charge is 0.242 e. The first-order chi connectivity index (χ1) is 14.5. The summed E-state index contributed by atoms with van der Waals surface area (Å²) in [5.41, 5.74) is 3.38. The Morgan fingerprint density at radius 2 is 1.80 bits per heavy atom. The van der Waals surface area contributed by atoms with E-state index in [1.165, 1.54) is 11.1 Å². The summed E-state index contributed by atoms with van der Waals surface area (Å²) in [4.78, 5) is 25.7. The molecule has 0 radical (unpaired) electrons. The minimum atomic E-state index is -0.560. The molecule has 30 heavy (non-hydrogen) atoms. The molecule has 2 amide bonds. The van der Waals surface area contributed by atoms with E-state index in [1.54, 1.807) is 7.11 Å². The number of fused-ring (bicyclic) bond motifs is 1. The maximum absolute atomic E-state index is 12.9. The van der Waals surface area contributed by atoms with Crippen LogP contribution in [0.15, 0.2) is 48.5 Å². The van der Waals surface area contributed by atoms with E-state index < -0.39 is 6.04 Å². The van der Waals surface area contributed by atoms with Gasteiger partial charge in [0, 0.05) is 13.1 Å². The molecular weight excluding hydrogens is 378 g/mol. The van der Waals surface area contributed by atoms with Crippen LogP contribution in [0.25, 0.3) is 0 Å². The van der Waals surface area contributed by atoms with Gasteiger partial charge in [-0.3, -0.25) is 9.59 Å². The molecule has 1 aliphatic heterocycles. The van der Waals surface area contributed by atoms with Crippen molar-refractivity contribution in [3.63, 3.8) is 0 Å². The summed E-state index contributed by atoms with van der Waals surface area (Å²) < 4.78 is 5.16. The van der Waals surface area contributed by atoms with Gasteiger partial charge in [-0.1, -0.05) is 50.2 Å². The number of carbonyl (C=O) groups is 2. The van der Waals surface area contributed by atoms with Gasteiger partial charge >= 0.3 is 0 Å². The molecular formula is C24H31N3O3. The van der Waals surface area contributed by atoms with Crippen molar-refractivity contribution >= 4 is 11.8 Å². The molecule has 6 nitrogen and oxygen atoms in total. The third-order valence-electron chi connectivity index (χ3n) is 5.36. The van der Waals surface area contributed by atoms with E-state index in [0.29, 0.717) is 25.9 Å². The average Bonchev–Trinajstić information content (AvgIpc) is 2.76. The van der Waals surface area contributed by atoms with Crippen molar-refractivity contribution in [2.45, 2.75) is 51.9 Å². The lowest BCUT2D eigenvalue weighted by Gasteiger charge is -2.28. The van der Waals surface area contributed by atoms with Crippen LogP contribution >= 0.6 is 0 Å². The van der Waals surface area contributed by atoms with Crippen molar-refractivity contribution in [3.8, 4) is 5.75 Å². The zero-order valence-electron chi connectivity index (χ0n) is 17.9. The molecule has 2 unspecified atom stereocenters. The summed E-state index contributed by atoms with van der Waals surface area (Å²) in [5, 5.41) is 9.21. The Morgan fingerprint density at radius 3 is 2.47 bits per heavy atom. The molecule has 2 atom stereocenters. The molecule has 2 aromatic rings. The largest absolute Gasteiger partial charge is 0.497 e. The quantitative estimate of drug-likeness (QED) is 0.626. The fourth-order valence-corrected chi connectivity index (χ4v) is 3.67. The minimum Gasteiger partial charge on any atom is -0.497 e. The molecule has 0 bridgehead atoms. The SMILES string of the molecule is COc1ccc(CNC(=O)C(CC(C)C)NC(=O)C2Cc3ccccc3CN2)cc1. The predicted molar refractivity (Wildman–Crippen MR) is 117 cm³/mol. The van der Waals surface area contributed by atoms with Gasteiger partial charge in [-0.15, -0.1) is 0 Å². The van der Waals surface area contributed by atoms with E-state index in [1.807, 2.05) is 50.2 Å². The Morgan fingerprint density at radius 1 is 1.10 bits per heavy atom. The Hall–Kier alpha value is -2.86. The van der Waals surface area contributed by atoms with Crippen molar-refractivity contribution in [3.05, 3.63) is 65.2 Å². The Balaban J connectivity index is 1.59. The van der Waals surface area contributed by atoms with E-state index in [-0.39, 0.29) is 23.8 Å². The van der Waals surface area contributed by atoms with Crippen molar-refractivity contribution in [2.24, 2.45) is 5.92 Å². The lowest BCUT2D eigenvalue weighted by atomic mass is 9.95. The Labute approximate surface area is 178 Å². The maximum Gasteiger partial charge on any atom is 0.242 e. The minimum absolute atomic E-state index is 0.130. The standard InChI is InChI=1S/C24H31N3O3/c1-16(2)12-22(23(28)26-14-17-8-10-20(30-3)11-9-17)27-24(29)21-13-18-6-4-5-7-19(18)15-25-21/h4-11,16,21-22,25H,12-15H2,1-3H3,(H,26,28)(H,27,29). The van der Waals surface area contributed by atoms with Crippen molar-refractivity contribution in [1.82, 2.24) is 16.0 Å². The topological polar surface area (TPSA) is 79.5 Å². The average molecular weight is 410 g/mol. The van der Waals surface area contributed by atoms with Crippen molar-refractivity contribution < 1.29 is 14.3 Å². The summed E-state index contributed by atoms with van der Waals surface area (Å²) in [6.07, 6.45) is 1.22. The van der Waals surface area contributed by atoms with Gasteiger partial charge in [-0.25, -0.2) is 0 Å². The molecule has 0 spiro atoms. The summed E-state index contributed by atoms with van der Waals surface area (Å²) in [7, 11) is 1.62. The van der Waals surface area contributed by atoms with Crippen LogP contribution in [-0.4, -0.2) is 31.0 Å². The van der Waals surface area contributed by atoms with Crippen LogP contribution in [0, 0.1) is 5.92 Å². The number of rotatable bonds is 8. The van der Waals surface area contributed by atoms with Crippen LogP contribution in [-0.2, 0) is 29.1 Å². The van der Waals surface area contributed by atoms with E-state index in [2.05, 4.69) is 28.1 Å². The van der Waals surface area contributed by atoms with Gasteiger partial charge in [0.25, 0.3) is 0 Å². The van der Waals surface area contributed by atoms with Crippen LogP contribution in [0.5, 0.6) is 5.75 Å². The van der Waals surface area contributed by atoms with E-state index in [0.717, 1.165) is 11.3 Å². The number of amides is 2. The lowest BCUT2D eigenvalue weighted by molar-refractivity contribution is -0.130. The van der Waals surface area contributed by atoms with Crippen LogP contribution in [0.1, 0.15) is 37.0 Å². The summed E-state index contributed by atoms with van der Waals surface area (Å²) in [6.45, 7) is 5.16. The third-order valence-corrected chi connectivity index (χ3v) is 5.36. The first-order valence-corrected chi connectivity index (χ1v) is 10.5. The third kappa shape index (κ3) is 5.83. The molecule has 3 N–H and O–H groups in total. The summed E-state index contributed by atoms with van der Waals surface area (Å²) >= 11 is 0. The highest BCUT2D eigenvalue weighted by Crippen LogP contribution is 2.17. The second-order valence-electron chi connectivity index (χ2n) is 8.16. The Bertz CT molecular complexity index is 864. The van der Waals surface area contributed by atoms with Crippen LogP contribution in [0.4, 0.5) is 0 Å². The van der Waals surface area contributed by atoms with Gasteiger partial charge in [0.05, 0.1) is 13.2 Å². The zero-order valence-corrected chi connectivity index (χ0v) is 17.9. The molecule has 0 saturated carbocycles. The first kappa shape index (κ1) is 21.8. The Kier molecular flexibility index (Phi) is 7.46. The van der Waals surface area contributed by atoms with E-state index in [9.17, 15) is 9.59 Å². The second-order valence-corrected chi connectivity index (χ2v) is 8.16. The number of methoxy groups -OCH3 is 1. The monoisotopic (exact) mass is 409 g/mol. The maximum atomic E-state index is 12.9. The molecule has 2 aromatic carbocycles. The van der Waals surface area contributed by atoms with Gasteiger partial charge < -0.3 is 20.7 Å². The molecule has 0 fully saturated rings. The molecule has 0 saturated heterocycles. The first-order valence-electron chi connectivity index (χ1n) is 10.5. The summed E-state index contributed by atoms with van der Waals surface area (Å²) in [6, 6.07) is 14.8. The van der Waals surface area contributed by atoms with E-state index in [4.69, 9.17) is 4.74 Å². The molecule has 6 heteroatoms. The van der Waals surface area contributed by atoms with Gasteiger partial charge in [0.15, 0.2) is 0 Å². The van der Waals surface area contributed by atoms with Gasteiger partial charge in [0.1, 0.15) is 11.8 Å². The number of benzene rings is 2. The number of nitrogens with one attached hydrogen (secondary N) is 3. The highest BCUT2D eigenvalue weighted by atomic mass is 16.5. The molecule has 0 aliphatic carbocycles. The zero-order chi connectivity index (χ0) is 21.5.